The summed E-state index contributed by atoms with van der Waals surface area (Å²) in [5, 5.41) is 3.50. The number of nitrogens with two attached hydrogens (primary N) is 1. The van der Waals surface area contributed by atoms with Crippen LogP contribution in [0.25, 0.3) is 0 Å². The zero-order valence-corrected chi connectivity index (χ0v) is 9.62. The number of nitrogen functional groups attached to an aromatic ring is 1. The SMILES string of the molecule is CC1Nc2c(N)cccc2CN(C)C1C. The van der Waals surface area contributed by atoms with Gasteiger partial charge in [0, 0.05) is 18.6 Å². The highest BCUT2D eigenvalue weighted by Crippen LogP contribution is 2.29. The molecule has 0 fully saturated rings. The Labute approximate surface area is 91.3 Å². The Hall–Kier alpha value is -1.22. The van der Waals surface area contributed by atoms with E-state index in [4.69, 9.17) is 5.73 Å². The normalized spacial score (nSPS) is 26.6. The Morgan fingerprint density at radius 3 is 2.87 bits per heavy atom. The van der Waals surface area contributed by atoms with Crippen molar-refractivity contribution in [1.82, 2.24) is 4.90 Å². The molecule has 0 radical (unpaired) electrons. The van der Waals surface area contributed by atoms with Gasteiger partial charge in [-0.2, -0.15) is 0 Å². The van der Waals surface area contributed by atoms with E-state index in [2.05, 4.69) is 37.2 Å². The van der Waals surface area contributed by atoms with Crippen molar-refractivity contribution in [3.8, 4) is 0 Å². The summed E-state index contributed by atoms with van der Waals surface area (Å²) in [5.41, 5.74) is 9.23. The molecule has 0 saturated heterocycles. The standard InChI is InChI=1S/C12H19N3/c1-8-9(2)15(3)7-10-5-4-6-11(13)12(10)14-8/h4-6,8-9,14H,7,13H2,1-3H3. The number of fused-ring (bicyclic) bond motifs is 1. The minimum absolute atomic E-state index is 0.418. The Morgan fingerprint density at radius 1 is 1.40 bits per heavy atom. The molecule has 0 saturated carbocycles. The lowest BCUT2D eigenvalue weighted by atomic mass is 10.1. The third kappa shape index (κ3) is 1.79. The maximum Gasteiger partial charge on any atom is 0.0622 e. The molecule has 2 rings (SSSR count). The van der Waals surface area contributed by atoms with Gasteiger partial charge < -0.3 is 11.1 Å². The van der Waals surface area contributed by atoms with Gasteiger partial charge in [0.1, 0.15) is 0 Å². The highest BCUT2D eigenvalue weighted by molar-refractivity contribution is 5.71. The predicted octanol–water partition coefficient (Wildman–Crippen LogP) is 1.90. The zero-order chi connectivity index (χ0) is 11.0. The van der Waals surface area contributed by atoms with E-state index in [-0.39, 0.29) is 0 Å². The summed E-state index contributed by atoms with van der Waals surface area (Å²) in [4.78, 5) is 2.35. The second-order valence-corrected chi connectivity index (χ2v) is 4.47. The van der Waals surface area contributed by atoms with Crippen LogP contribution in [0.3, 0.4) is 0 Å². The Bertz CT molecular complexity index is 362. The Balaban J connectivity index is 2.42. The van der Waals surface area contributed by atoms with Crippen LogP contribution >= 0.6 is 0 Å². The first-order valence-electron chi connectivity index (χ1n) is 5.43. The van der Waals surface area contributed by atoms with Gasteiger partial charge in [0.05, 0.1) is 11.4 Å². The topological polar surface area (TPSA) is 41.3 Å². The lowest BCUT2D eigenvalue weighted by Crippen LogP contribution is -2.38. The number of nitrogens with zero attached hydrogens (tertiary/aromatic N) is 1. The molecule has 1 heterocycles. The first-order valence-corrected chi connectivity index (χ1v) is 5.43. The predicted molar refractivity (Wildman–Crippen MR) is 64.9 cm³/mol. The van der Waals surface area contributed by atoms with Crippen molar-refractivity contribution < 1.29 is 0 Å². The van der Waals surface area contributed by atoms with E-state index in [1.165, 1.54) is 5.56 Å². The number of nitrogens with one attached hydrogen (secondary N) is 1. The van der Waals surface area contributed by atoms with Gasteiger partial charge in [0.2, 0.25) is 0 Å². The van der Waals surface area contributed by atoms with Crippen molar-refractivity contribution in [1.29, 1.82) is 0 Å². The maximum atomic E-state index is 5.98. The van der Waals surface area contributed by atoms with Gasteiger partial charge in [-0.25, -0.2) is 0 Å². The average molecular weight is 205 g/mol. The van der Waals surface area contributed by atoms with Gasteiger partial charge in [0.25, 0.3) is 0 Å². The van der Waals surface area contributed by atoms with Gasteiger partial charge in [-0.1, -0.05) is 12.1 Å². The molecule has 2 atom stereocenters. The molecule has 1 aromatic rings. The number of hydrogen-bond acceptors (Lipinski definition) is 3. The van der Waals surface area contributed by atoms with Crippen molar-refractivity contribution in [2.45, 2.75) is 32.5 Å². The summed E-state index contributed by atoms with van der Waals surface area (Å²) in [7, 11) is 2.15. The van der Waals surface area contributed by atoms with Crippen molar-refractivity contribution in [3.63, 3.8) is 0 Å². The van der Waals surface area contributed by atoms with Crippen LogP contribution < -0.4 is 11.1 Å². The third-order valence-corrected chi connectivity index (χ3v) is 3.39. The summed E-state index contributed by atoms with van der Waals surface area (Å²) in [5.74, 6) is 0. The largest absolute Gasteiger partial charge is 0.397 e. The molecule has 0 aromatic heterocycles. The summed E-state index contributed by atoms with van der Waals surface area (Å²) in [6, 6.07) is 7.04. The van der Waals surface area contributed by atoms with Crippen molar-refractivity contribution in [2.24, 2.45) is 0 Å². The fourth-order valence-electron chi connectivity index (χ4n) is 2.07. The van der Waals surface area contributed by atoms with Crippen molar-refractivity contribution >= 4 is 11.4 Å². The summed E-state index contributed by atoms with van der Waals surface area (Å²) < 4.78 is 0. The maximum absolute atomic E-state index is 5.98. The highest BCUT2D eigenvalue weighted by atomic mass is 15.2. The van der Waals surface area contributed by atoms with E-state index in [1.54, 1.807) is 0 Å². The number of hydrogen-bond donors (Lipinski definition) is 2. The molecule has 1 aromatic carbocycles. The fourth-order valence-corrected chi connectivity index (χ4v) is 2.07. The second kappa shape index (κ2) is 3.74. The molecule has 1 aliphatic rings. The lowest BCUT2D eigenvalue weighted by molar-refractivity contribution is 0.238. The molecule has 1 aliphatic heterocycles. The monoisotopic (exact) mass is 205 g/mol. The molecule has 0 amide bonds. The van der Waals surface area contributed by atoms with E-state index < -0.39 is 0 Å². The third-order valence-electron chi connectivity index (χ3n) is 3.39. The minimum atomic E-state index is 0.418. The van der Waals surface area contributed by atoms with Crippen molar-refractivity contribution in [3.05, 3.63) is 23.8 Å². The lowest BCUT2D eigenvalue weighted by Gasteiger charge is -2.26. The number of rotatable bonds is 0. The van der Waals surface area contributed by atoms with Crippen LogP contribution in [0.1, 0.15) is 19.4 Å². The van der Waals surface area contributed by atoms with Crippen LogP contribution in [-0.2, 0) is 6.54 Å². The van der Waals surface area contributed by atoms with Gasteiger partial charge >= 0.3 is 0 Å². The summed E-state index contributed by atoms with van der Waals surface area (Å²) in [6.45, 7) is 5.39. The fraction of sp³-hybridized carbons (Fsp3) is 0.500. The molecule has 3 heteroatoms. The Kier molecular flexibility index (Phi) is 2.57. The van der Waals surface area contributed by atoms with Crippen LogP contribution in [0.4, 0.5) is 11.4 Å². The van der Waals surface area contributed by atoms with Crippen molar-refractivity contribution in [2.75, 3.05) is 18.1 Å². The highest BCUT2D eigenvalue weighted by Gasteiger charge is 2.23. The average Bonchev–Trinajstić information content (AvgIpc) is 2.30. The first-order chi connectivity index (χ1) is 7.09. The van der Waals surface area contributed by atoms with Crippen LogP contribution in [0.5, 0.6) is 0 Å². The van der Waals surface area contributed by atoms with Gasteiger partial charge in [-0.15, -0.1) is 0 Å². The molecular formula is C12H19N3. The molecule has 3 N–H and O–H groups in total. The summed E-state index contributed by atoms with van der Waals surface area (Å²) >= 11 is 0. The Morgan fingerprint density at radius 2 is 2.13 bits per heavy atom. The molecule has 82 valence electrons. The van der Waals surface area contributed by atoms with Gasteiger partial charge in [-0.05, 0) is 32.5 Å². The second-order valence-electron chi connectivity index (χ2n) is 4.47. The molecule has 0 aliphatic carbocycles. The quantitative estimate of drug-likeness (QED) is 0.636. The molecule has 0 spiro atoms. The van der Waals surface area contributed by atoms with Crippen LogP contribution in [0.15, 0.2) is 18.2 Å². The van der Waals surface area contributed by atoms with Crippen LogP contribution in [0.2, 0.25) is 0 Å². The minimum Gasteiger partial charge on any atom is -0.397 e. The van der Waals surface area contributed by atoms with E-state index in [9.17, 15) is 0 Å². The molecule has 0 bridgehead atoms. The smallest absolute Gasteiger partial charge is 0.0622 e. The van der Waals surface area contributed by atoms with Gasteiger partial charge in [-0.3, -0.25) is 4.90 Å². The molecular weight excluding hydrogens is 186 g/mol. The molecule has 3 nitrogen and oxygen atoms in total. The van der Waals surface area contributed by atoms with E-state index in [1.807, 2.05) is 12.1 Å². The number of benzene rings is 1. The van der Waals surface area contributed by atoms with Crippen LogP contribution in [-0.4, -0.2) is 24.0 Å². The number of likely N-dealkylation sites (N-methyl/N-ethyl adjacent to an activating group) is 1. The van der Waals surface area contributed by atoms with Crippen LogP contribution in [0, 0.1) is 0 Å². The number of anilines is 2. The molecule has 15 heavy (non-hydrogen) atoms. The number of para-hydroxylation sites is 1. The van der Waals surface area contributed by atoms with E-state index >= 15 is 0 Å². The summed E-state index contributed by atoms with van der Waals surface area (Å²) in [6.07, 6.45) is 0. The molecule has 2 unspecified atom stereocenters. The van der Waals surface area contributed by atoms with Gasteiger partial charge in [0.15, 0.2) is 0 Å². The zero-order valence-electron chi connectivity index (χ0n) is 9.62. The first kappa shape index (κ1) is 10.3. The van der Waals surface area contributed by atoms with E-state index in [0.717, 1.165) is 17.9 Å². The van der Waals surface area contributed by atoms with E-state index in [0.29, 0.717) is 12.1 Å².